The van der Waals surface area contributed by atoms with E-state index in [9.17, 15) is 5.11 Å². The van der Waals surface area contributed by atoms with Crippen LogP contribution < -0.4 is 5.32 Å². The molecular formula is C9H12BrNO2. The molecule has 0 spiro atoms. The Bertz CT molecular complexity index is 267. The lowest BCUT2D eigenvalue weighted by molar-refractivity contribution is 0.247. The molecule has 1 atom stereocenters. The first-order chi connectivity index (χ1) is 6.20. The molecule has 0 heterocycles. The van der Waals surface area contributed by atoms with Crippen molar-refractivity contribution in [1.82, 2.24) is 5.32 Å². The van der Waals surface area contributed by atoms with E-state index in [1.165, 1.54) is 0 Å². The number of aliphatic hydroxyl groups excluding tert-OH is 1. The van der Waals surface area contributed by atoms with Crippen LogP contribution in [0.5, 0.6) is 5.75 Å². The van der Waals surface area contributed by atoms with E-state index in [-0.39, 0.29) is 18.4 Å². The molecular weight excluding hydrogens is 234 g/mol. The molecule has 0 aliphatic rings. The maximum atomic E-state index is 9.54. The molecule has 4 heteroatoms. The van der Waals surface area contributed by atoms with Crippen molar-refractivity contribution >= 4 is 15.9 Å². The van der Waals surface area contributed by atoms with Crippen molar-refractivity contribution < 1.29 is 10.2 Å². The molecule has 0 saturated carbocycles. The van der Waals surface area contributed by atoms with Crippen molar-refractivity contribution in [3.8, 4) is 5.75 Å². The van der Waals surface area contributed by atoms with Crippen molar-refractivity contribution in [2.24, 2.45) is 0 Å². The zero-order chi connectivity index (χ0) is 9.84. The van der Waals surface area contributed by atoms with E-state index >= 15 is 0 Å². The van der Waals surface area contributed by atoms with E-state index in [1.807, 2.05) is 6.07 Å². The topological polar surface area (TPSA) is 52.5 Å². The first-order valence-corrected chi connectivity index (χ1v) is 4.75. The quantitative estimate of drug-likeness (QED) is 0.755. The standard InChI is InChI=1S/C9H12BrNO2/c1-11-7(5-12)9-6(10)3-2-4-8(9)13/h2-4,7,11-13H,5H2,1H3/t7-/m1/s1. The van der Waals surface area contributed by atoms with Gasteiger partial charge in [0.1, 0.15) is 5.75 Å². The van der Waals surface area contributed by atoms with E-state index < -0.39 is 0 Å². The van der Waals surface area contributed by atoms with Crippen molar-refractivity contribution in [3.05, 3.63) is 28.2 Å². The lowest BCUT2D eigenvalue weighted by Gasteiger charge is -2.16. The van der Waals surface area contributed by atoms with E-state index in [4.69, 9.17) is 5.11 Å². The highest BCUT2D eigenvalue weighted by Gasteiger charge is 2.15. The van der Waals surface area contributed by atoms with Gasteiger partial charge in [-0.05, 0) is 19.2 Å². The monoisotopic (exact) mass is 245 g/mol. The number of hydrogen-bond donors (Lipinski definition) is 3. The highest BCUT2D eigenvalue weighted by Crippen LogP contribution is 2.30. The van der Waals surface area contributed by atoms with Gasteiger partial charge in [-0.15, -0.1) is 0 Å². The molecule has 0 amide bonds. The maximum Gasteiger partial charge on any atom is 0.121 e. The van der Waals surface area contributed by atoms with Crippen molar-refractivity contribution in [1.29, 1.82) is 0 Å². The van der Waals surface area contributed by atoms with Gasteiger partial charge in [0.05, 0.1) is 12.6 Å². The van der Waals surface area contributed by atoms with Crippen molar-refractivity contribution in [2.45, 2.75) is 6.04 Å². The van der Waals surface area contributed by atoms with Gasteiger partial charge < -0.3 is 15.5 Å². The van der Waals surface area contributed by atoms with E-state index in [1.54, 1.807) is 19.2 Å². The van der Waals surface area contributed by atoms with Gasteiger partial charge in [0.15, 0.2) is 0 Å². The minimum atomic E-state index is -0.240. The molecule has 13 heavy (non-hydrogen) atoms. The number of benzene rings is 1. The molecule has 0 aromatic heterocycles. The number of aliphatic hydroxyl groups is 1. The Morgan fingerprint density at radius 2 is 2.23 bits per heavy atom. The third-order valence-corrected chi connectivity index (χ3v) is 2.60. The van der Waals surface area contributed by atoms with Gasteiger partial charge in [-0.1, -0.05) is 22.0 Å². The fourth-order valence-corrected chi connectivity index (χ4v) is 1.83. The molecule has 0 aliphatic heterocycles. The Hall–Kier alpha value is -0.580. The third-order valence-electron chi connectivity index (χ3n) is 1.91. The summed E-state index contributed by atoms with van der Waals surface area (Å²) in [7, 11) is 1.74. The first-order valence-electron chi connectivity index (χ1n) is 3.96. The van der Waals surface area contributed by atoms with Gasteiger partial charge in [-0.2, -0.15) is 0 Å². The number of phenols is 1. The highest BCUT2D eigenvalue weighted by molar-refractivity contribution is 9.10. The van der Waals surface area contributed by atoms with Gasteiger partial charge >= 0.3 is 0 Å². The normalized spacial score (nSPS) is 12.8. The Kier molecular flexibility index (Phi) is 3.71. The molecule has 3 N–H and O–H groups in total. The molecule has 0 saturated heterocycles. The Balaban J connectivity index is 3.10. The number of aromatic hydroxyl groups is 1. The van der Waals surface area contributed by atoms with Crippen LogP contribution in [-0.2, 0) is 0 Å². The van der Waals surface area contributed by atoms with Crippen molar-refractivity contribution in [3.63, 3.8) is 0 Å². The summed E-state index contributed by atoms with van der Waals surface area (Å²) in [6, 6.07) is 4.93. The van der Waals surface area contributed by atoms with Crippen LogP contribution in [0.25, 0.3) is 0 Å². The number of halogens is 1. The van der Waals surface area contributed by atoms with Gasteiger partial charge in [-0.25, -0.2) is 0 Å². The lowest BCUT2D eigenvalue weighted by Crippen LogP contribution is -2.20. The average Bonchev–Trinajstić information content (AvgIpc) is 2.11. The fourth-order valence-electron chi connectivity index (χ4n) is 1.20. The number of nitrogens with one attached hydrogen (secondary N) is 1. The summed E-state index contributed by atoms with van der Waals surface area (Å²) < 4.78 is 0.793. The van der Waals surface area contributed by atoms with Gasteiger partial charge in [0.25, 0.3) is 0 Å². The summed E-state index contributed by atoms with van der Waals surface area (Å²) in [5.74, 6) is 0.183. The number of rotatable bonds is 3. The fraction of sp³-hybridized carbons (Fsp3) is 0.333. The van der Waals surface area contributed by atoms with E-state index in [0.717, 1.165) is 4.47 Å². The van der Waals surface area contributed by atoms with Crippen LogP contribution in [0.3, 0.4) is 0 Å². The Morgan fingerprint density at radius 1 is 1.54 bits per heavy atom. The summed E-state index contributed by atoms with van der Waals surface area (Å²) in [6.07, 6.45) is 0. The van der Waals surface area contributed by atoms with Gasteiger partial charge in [-0.3, -0.25) is 0 Å². The second-order valence-electron chi connectivity index (χ2n) is 2.70. The van der Waals surface area contributed by atoms with Gasteiger partial charge in [0, 0.05) is 10.0 Å². The second-order valence-corrected chi connectivity index (χ2v) is 3.55. The molecule has 1 aromatic carbocycles. The molecule has 1 rings (SSSR count). The minimum absolute atomic E-state index is 0.0489. The van der Waals surface area contributed by atoms with Gasteiger partial charge in [0.2, 0.25) is 0 Å². The molecule has 0 aliphatic carbocycles. The molecule has 0 bridgehead atoms. The molecule has 72 valence electrons. The molecule has 1 aromatic rings. The molecule has 0 unspecified atom stereocenters. The highest BCUT2D eigenvalue weighted by atomic mass is 79.9. The Morgan fingerprint density at radius 3 is 2.69 bits per heavy atom. The maximum absolute atomic E-state index is 9.54. The summed E-state index contributed by atoms with van der Waals surface area (Å²) in [5, 5.41) is 21.5. The Labute approximate surface area is 85.5 Å². The zero-order valence-electron chi connectivity index (χ0n) is 7.29. The SMILES string of the molecule is CN[C@H](CO)c1c(O)cccc1Br. The number of hydrogen-bond acceptors (Lipinski definition) is 3. The summed E-state index contributed by atoms with van der Waals surface area (Å²) in [6.45, 7) is -0.0489. The summed E-state index contributed by atoms with van der Waals surface area (Å²) in [4.78, 5) is 0. The van der Waals surface area contributed by atoms with Crippen LogP contribution in [0, 0.1) is 0 Å². The molecule has 0 fully saturated rings. The minimum Gasteiger partial charge on any atom is -0.508 e. The first kappa shape index (κ1) is 10.5. The smallest absolute Gasteiger partial charge is 0.121 e. The van der Waals surface area contributed by atoms with E-state index in [2.05, 4.69) is 21.2 Å². The van der Waals surface area contributed by atoms with Crippen LogP contribution in [0.1, 0.15) is 11.6 Å². The van der Waals surface area contributed by atoms with Crippen LogP contribution in [0.2, 0.25) is 0 Å². The van der Waals surface area contributed by atoms with Crippen LogP contribution in [-0.4, -0.2) is 23.9 Å². The zero-order valence-corrected chi connectivity index (χ0v) is 8.87. The van der Waals surface area contributed by atoms with Crippen LogP contribution in [0.15, 0.2) is 22.7 Å². The molecule has 3 nitrogen and oxygen atoms in total. The third kappa shape index (κ3) is 2.21. The predicted molar refractivity (Wildman–Crippen MR) is 54.7 cm³/mol. The van der Waals surface area contributed by atoms with Crippen LogP contribution >= 0.6 is 15.9 Å². The summed E-state index contributed by atoms with van der Waals surface area (Å²) in [5.41, 5.74) is 0.688. The van der Waals surface area contributed by atoms with E-state index in [0.29, 0.717) is 5.56 Å². The predicted octanol–water partition coefficient (Wildman–Crippen LogP) is 1.41. The largest absolute Gasteiger partial charge is 0.508 e. The number of phenolic OH excluding ortho intramolecular Hbond substituents is 1. The summed E-state index contributed by atoms with van der Waals surface area (Å²) >= 11 is 3.32. The van der Waals surface area contributed by atoms with Crippen LogP contribution in [0.4, 0.5) is 0 Å². The lowest BCUT2D eigenvalue weighted by atomic mass is 10.1. The second kappa shape index (κ2) is 4.60. The van der Waals surface area contributed by atoms with Crippen molar-refractivity contribution in [2.75, 3.05) is 13.7 Å². The average molecular weight is 246 g/mol. The number of likely N-dealkylation sites (N-methyl/N-ethyl adjacent to an activating group) is 1. The molecule has 0 radical (unpaired) electrons.